The molecule has 0 bridgehead atoms. The van der Waals surface area contributed by atoms with Crippen LogP contribution in [0.1, 0.15) is 13.3 Å². The van der Waals surface area contributed by atoms with Gasteiger partial charge in [0.2, 0.25) is 0 Å². The summed E-state index contributed by atoms with van der Waals surface area (Å²) in [4.78, 5) is 0. The van der Waals surface area contributed by atoms with Gasteiger partial charge in [0.25, 0.3) is 0 Å². The fourth-order valence-electron chi connectivity index (χ4n) is 1.50. The quantitative estimate of drug-likeness (QED) is 0.759. The van der Waals surface area contributed by atoms with Crippen LogP contribution in [0.4, 0.5) is 5.69 Å². The molecule has 0 aliphatic carbocycles. The minimum atomic E-state index is 0.467. The van der Waals surface area contributed by atoms with Crippen molar-refractivity contribution < 1.29 is 4.74 Å². The minimum Gasteiger partial charge on any atom is -0.379 e. The average Bonchev–Trinajstić information content (AvgIpc) is 2.76. The van der Waals surface area contributed by atoms with Crippen LogP contribution in [0.2, 0.25) is 0 Å². The van der Waals surface area contributed by atoms with Crippen molar-refractivity contribution in [3.8, 4) is 0 Å². The van der Waals surface area contributed by atoms with E-state index in [1.54, 1.807) is 0 Å². The van der Waals surface area contributed by atoms with Crippen LogP contribution < -0.4 is 5.32 Å². The number of anilines is 1. The standard InChI is InChI=1S/C9H15N3O/c1-2-12-6-9(5-10-12)11-8-3-4-13-7-8/h5-6,8,11H,2-4,7H2,1H3/t8-/m0/s1. The molecule has 2 heterocycles. The Morgan fingerprint density at radius 3 is 3.31 bits per heavy atom. The van der Waals surface area contributed by atoms with E-state index in [1.165, 1.54) is 0 Å². The summed E-state index contributed by atoms with van der Waals surface area (Å²) >= 11 is 0. The first-order chi connectivity index (χ1) is 6.38. The van der Waals surface area contributed by atoms with Crippen LogP contribution in [-0.4, -0.2) is 29.0 Å². The molecule has 13 heavy (non-hydrogen) atoms. The molecule has 0 saturated carbocycles. The maximum atomic E-state index is 5.27. The highest BCUT2D eigenvalue weighted by Gasteiger charge is 2.15. The van der Waals surface area contributed by atoms with E-state index in [-0.39, 0.29) is 0 Å². The van der Waals surface area contributed by atoms with Gasteiger partial charge in [0.05, 0.1) is 24.5 Å². The first-order valence-corrected chi connectivity index (χ1v) is 4.75. The Balaban J connectivity index is 1.92. The normalized spacial score (nSPS) is 22.1. The summed E-state index contributed by atoms with van der Waals surface area (Å²) in [7, 11) is 0. The molecule has 72 valence electrons. The molecule has 0 radical (unpaired) electrons. The van der Waals surface area contributed by atoms with Crippen LogP contribution in [-0.2, 0) is 11.3 Å². The van der Waals surface area contributed by atoms with Gasteiger partial charge in [0.1, 0.15) is 0 Å². The van der Waals surface area contributed by atoms with Gasteiger partial charge in [-0.15, -0.1) is 0 Å². The second kappa shape index (κ2) is 3.79. The number of hydrogen-bond donors (Lipinski definition) is 1. The predicted octanol–water partition coefficient (Wildman–Crippen LogP) is 1.10. The van der Waals surface area contributed by atoms with Crippen molar-refractivity contribution >= 4 is 5.69 Å². The van der Waals surface area contributed by atoms with Crippen LogP contribution in [0.15, 0.2) is 12.4 Å². The lowest BCUT2D eigenvalue weighted by Crippen LogP contribution is -2.18. The van der Waals surface area contributed by atoms with E-state index in [1.807, 2.05) is 17.1 Å². The largest absolute Gasteiger partial charge is 0.379 e. The first kappa shape index (κ1) is 8.56. The van der Waals surface area contributed by atoms with Gasteiger partial charge in [0.15, 0.2) is 0 Å². The van der Waals surface area contributed by atoms with Gasteiger partial charge in [0, 0.05) is 19.3 Å². The van der Waals surface area contributed by atoms with Gasteiger partial charge < -0.3 is 10.1 Å². The second-order valence-corrected chi connectivity index (χ2v) is 3.29. The second-order valence-electron chi connectivity index (χ2n) is 3.29. The summed E-state index contributed by atoms with van der Waals surface area (Å²) in [5.74, 6) is 0. The van der Waals surface area contributed by atoms with E-state index in [2.05, 4.69) is 17.3 Å². The molecule has 4 heteroatoms. The molecule has 0 aromatic carbocycles. The molecule has 1 aliphatic heterocycles. The third kappa shape index (κ3) is 2.01. The van der Waals surface area contributed by atoms with Gasteiger partial charge in [-0.05, 0) is 13.3 Å². The summed E-state index contributed by atoms with van der Waals surface area (Å²) in [5.41, 5.74) is 1.09. The molecule has 1 N–H and O–H groups in total. The highest BCUT2D eigenvalue weighted by atomic mass is 16.5. The zero-order valence-electron chi connectivity index (χ0n) is 7.86. The summed E-state index contributed by atoms with van der Waals surface area (Å²) in [6.45, 7) is 4.69. The molecule has 1 atom stereocenters. The lowest BCUT2D eigenvalue weighted by molar-refractivity contribution is 0.195. The van der Waals surface area contributed by atoms with E-state index in [0.717, 1.165) is 31.9 Å². The van der Waals surface area contributed by atoms with Crippen molar-refractivity contribution in [2.24, 2.45) is 0 Å². The molecule has 0 spiro atoms. The molecule has 1 fully saturated rings. The van der Waals surface area contributed by atoms with Gasteiger partial charge in [-0.1, -0.05) is 0 Å². The first-order valence-electron chi connectivity index (χ1n) is 4.75. The van der Waals surface area contributed by atoms with Gasteiger partial charge >= 0.3 is 0 Å². The van der Waals surface area contributed by atoms with E-state index in [4.69, 9.17) is 4.74 Å². The van der Waals surface area contributed by atoms with E-state index in [0.29, 0.717) is 6.04 Å². The number of hydrogen-bond acceptors (Lipinski definition) is 3. The molecule has 4 nitrogen and oxygen atoms in total. The van der Waals surface area contributed by atoms with Gasteiger partial charge in [-0.2, -0.15) is 5.10 Å². The zero-order valence-corrected chi connectivity index (χ0v) is 7.86. The maximum Gasteiger partial charge on any atom is 0.0729 e. The van der Waals surface area contributed by atoms with E-state index < -0.39 is 0 Å². The lowest BCUT2D eigenvalue weighted by atomic mass is 10.2. The number of rotatable bonds is 3. The van der Waals surface area contributed by atoms with E-state index >= 15 is 0 Å². The highest BCUT2D eigenvalue weighted by Crippen LogP contribution is 2.12. The minimum absolute atomic E-state index is 0.467. The van der Waals surface area contributed by atoms with E-state index in [9.17, 15) is 0 Å². The Morgan fingerprint density at radius 1 is 1.77 bits per heavy atom. The number of ether oxygens (including phenoxy) is 1. The Morgan fingerprint density at radius 2 is 2.69 bits per heavy atom. The fraction of sp³-hybridized carbons (Fsp3) is 0.667. The Kier molecular flexibility index (Phi) is 2.49. The molecule has 2 rings (SSSR count). The Bertz CT molecular complexity index is 266. The summed E-state index contributed by atoms with van der Waals surface area (Å²) in [6, 6.07) is 0.467. The molecule has 1 aliphatic rings. The average molecular weight is 181 g/mol. The van der Waals surface area contributed by atoms with Crippen molar-refractivity contribution in [1.82, 2.24) is 9.78 Å². The van der Waals surface area contributed by atoms with Crippen LogP contribution in [0.3, 0.4) is 0 Å². The van der Waals surface area contributed by atoms with Crippen molar-refractivity contribution in [2.75, 3.05) is 18.5 Å². The molecule has 1 aromatic rings. The molecular formula is C9H15N3O. The van der Waals surface area contributed by atoms with Crippen molar-refractivity contribution in [3.63, 3.8) is 0 Å². The monoisotopic (exact) mass is 181 g/mol. The van der Waals surface area contributed by atoms with Crippen molar-refractivity contribution in [2.45, 2.75) is 25.9 Å². The number of aromatic nitrogens is 2. The lowest BCUT2D eigenvalue weighted by Gasteiger charge is -2.08. The van der Waals surface area contributed by atoms with Crippen LogP contribution >= 0.6 is 0 Å². The molecule has 0 unspecified atom stereocenters. The van der Waals surface area contributed by atoms with Crippen molar-refractivity contribution in [1.29, 1.82) is 0 Å². The third-order valence-corrected chi connectivity index (χ3v) is 2.26. The van der Waals surface area contributed by atoms with Gasteiger partial charge in [-0.25, -0.2) is 0 Å². The summed E-state index contributed by atoms with van der Waals surface area (Å²) in [6.07, 6.45) is 4.98. The molecule has 0 amide bonds. The summed E-state index contributed by atoms with van der Waals surface area (Å²) < 4.78 is 7.19. The van der Waals surface area contributed by atoms with Crippen molar-refractivity contribution in [3.05, 3.63) is 12.4 Å². The highest BCUT2D eigenvalue weighted by molar-refractivity contribution is 5.39. The number of nitrogens with zero attached hydrogens (tertiary/aromatic N) is 2. The zero-order chi connectivity index (χ0) is 9.10. The van der Waals surface area contributed by atoms with Gasteiger partial charge in [-0.3, -0.25) is 4.68 Å². The number of aryl methyl sites for hydroxylation is 1. The van der Waals surface area contributed by atoms with Crippen LogP contribution in [0.5, 0.6) is 0 Å². The predicted molar refractivity (Wildman–Crippen MR) is 50.7 cm³/mol. The summed E-state index contributed by atoms with van der Waals surface area (Å²) in [5, 5.41) is 7.58. The Hall–Kier alpha value is -1.03. The third-order valence-electron chi connectivity index (χ3n) is 2.26. The molecule has 1 saturated heterocycles. The number of nitrogens with one attached hydrogen (secondary N) is 1. The topological polar surface area (TPSA) is 39.1 Å². The SMILES string of the molecule is CCn1cc(N[C@H]2CCOC2)cn1. The maximum absolute atomic E-state index is 5.27. The molecular weight excluding hydrogens is 166 g/mol. The van der Waals surface area contributed by atoms with Crippen LogP contribution in [0.25, 0.3) is 0 Å². The molecule has 1 aromatic heterocycles. The fourth-order valence-corrected chi connectivity index (χ4v) is 1.50. The Labute approximate surface area is 77.9 Å². The van der Waals surface area contributed by atoms with Crippen LogP contribution in [0, 0.1) is 0 Å². The smallest absolute Gasteiger partial charge is 0.0729 e.